The van der Waals surface area contributed by atoms with E-state index in [4.69, 9.17) is 45.9 Å². The molecule has 0 atom stereocenters. The SMILES string of the molecule is C.N=C=O.N=C=O.N=C=O.Oc1ccccc1.Oc1ccccc1.Oc1ccccc1. The fourth-order valence-corrected chi connectivity index (χ4v) is 1.28. The van der Waals surface area contributed by atoms with Crippen molar-refractivity contribution in [3.63, 3.8) is 0 Å². The fourth-order valence-electron chi connectivity index (χ4n) is 1.28. The van der Waals surface area contributed by atoms with Gasteiger partial charge in [-0.2, -0.15) is 0 Å². The van der Waals surface area contributed by atoms with Gasteiger partial charge in [-0.1, -0.05) is 62.0 Å². The highest BCUT2D eigenvalue weighted by Gasteiger charge is 1.76. The second kappa shape index (κ2) is 29.9. The smallest absolute Gasteiger partial charge is 0.231 e. The molecule has 9 heteroatoms. The normalized spacial score (nSPS) is 6.58. The summed E-state index contributed by atoms with van der Waals surface area (Å²) in [6.07, 6.45) is 2.25. The molecule has 3 aromatic rings. The zero-order valence-corrected chi connectivity index (χ0v) is 15.7. The Kier molecular flexibility index (Phi) is 32.6. The number of phenols is 3. The zero-order chi connectivity index (χ0) is 23.5. The van der Waals surface area contributed by atoms with Gasteiger partial charge in [0.1, 0.15) is 17.2 Å². The molecule has 0 heterocycles. The summed E-state index contributed by atoms with van der Waals surface area (Å²) in [4.78, 5) is 25.0. The number of carbonyl (C=O) groups excluding carboxylic acids is 3. The van der Waals surface area contributed by atoms with Crippen LogP contribution in [-0.4, -0.2) is 33.6 Å². The van der Waals surface area contributed by atoms with Crippen molar-refractivity contribution in [2.24, 2.45) is 0 Å². The maximum atomic E-state index is 8.63. The summed E-state index contributed by atoms with van der Waals surface area (Å²) >= 11 is 0. The zero-order valence-electron chi connectivity index (χ0n) is 15.7. The van der Waals surface area contributed by atoms with E-state index in [0.29, 0.717) is 17.2 Å². The predicted molar refractivity (Wildman–Crippen MR) is 116 cm³/mol. The van der Waals surface area contributed by atoms with Crippen LogP contribution in [0.15, 0.2) is 91.0 Å². The third-order valence-corrected chi connectivity index (χ3v) is 2.27. The van der Waals surface area contributed by atoms with Crippen molar-refractivity contribution < 1.29 is 29.7 Å². The molecule has 31 heavy (non-hydrogen) atoms. The molecule has 3 rings (SSSR count). The lowest BCUT2D eigenvalue weighted by Crippen LogP contribution is -1.56. The number of hydrogen-bond acceptors (Lipinski definition) is 9. The van der Waals surface area contributed by atoms with E-state index in [1.54, 1.807) is 72.8 Å². The van der Waals surface area contributed by atoms with E-state index < -0.39 is 0 Å². The maximum Gasteiger partial charge on any atom is 0.231 e. The van der Waals surface area contributed by atoms with Crippen LogP contribution >= 0.6 is 0 Å². The van der Waals surface area contributed by atoms with Crippen molar-refractivity contribution in [3.8, 4) is 17.2 Å². The third-order valence-electron chi connectivity index (χ3n) is 2.27. The van der Waals surface area contributed by atoms with Crippen LogP contribution < -0.4 is 0 Å². The minimum atomic E-state index is 0. The average Bonchev–Trinajstić information content (AvgIpc) is 2.73. The first-order valence-corrected chi connectivity index (χ1v) is 7.77. The van der Waals surface area contributed by atoms with Gasteiger partial charge in [-0.3, -0.25) is 0 Å². The lowest BCUT2D eigenvalue weighted by Gasteiger charge is -1.82. The summed E-state index contributed by atoms with van der Waals surface area (Å²) in [7, 11) is 0. The average molecular weight is 427 g/mol. The van der Waals surface area contributed by atoms with Crippen LogP contribution in [-0.2, 0) is 14.4 Å². The monoisotopic (exact) mass is 427 g/mol. The molecule has 6 N–H and O–H groups in total. The molecule has 0 radical (unpaired) electrons. The number of para-hydroxylation sites is 3. The van der Waals surface area contributed by atoms with E-state index in [-0.39, 0.29) is 7.43 Å². The molecule has 0 spiro atoms. The van der Waals surface area contributed by atoms with Gasteiger partial charge >= 0.3 is 0 Å². The highest BCUT2D eigenvalue weighted by Crippen LogP contribution is 2.04. The van der Waals surface area contributed by atoms with Crippen molar-refractivity contribution in [1.82, 2.24) is 0 Å². The lowest BCUT2D eigenvalue weighted by atomic mass is 10.3. The molecule has 3 aromatic carbocycles. The molecule has 164 valence electrons. The van der Waals surface area contributed by atoms with E-state index in [2.05, 4.69) is 0 Å². The fraction of sp³-hybridized carbons (Fsp3) is 0.0455. The molecule has 0 fully saturated rings. The number of aromatic hydroxyl groups is 3. The van der Waals surface area contributed by atoms with E-state index in [0.717, 1.165) is 18.2 Å². The molecular formula is C22H25N3O6. The van der Waals surface area contributed by atoms with Gasteiger partial charge in [-0.05, 0) is 36.4 Å². The second-order valence-corrected chi connectivity index (χ2v) is 4.31. The lowest BCUT2D eigenvalue weighted by molar-refractivity contribution is 0.475. The summed E-state index contributed by atoms with van der Waals surface area (Å²) in [5.41, 5.74) is 0. The summed E-state index contributed by atoms with van der Waals surface area (Å²) in [5.74, 6) is 0.965. The van der Waals surface area contributed by atoms with E-state index in [9.17, 15) is 0 Å². The van der Waals surface area contributed by atoms with Crippen molar-refractivity contribution in [3.05, 3.63) is 91.0 Å². The van der Waals surface area contributed by atoms with Gasteiger partial charge in [0.05, 0.1) is 0 Å². The molecule has 0 saturated heterocycles. The van der Waals surface area contributed by atoms with Crippen LogP contribution in [0.3, 0.4) is 0 Å². The molecule has 0 aliphatic carbocycles. The van der Waals surface area contributed by atoms with Gasteiger partial charge in [-0.25, -0.2) is 30.6 Å². The van der Waals surface area contributed by atoms with E-state index >= 15 is 0 Å². The highest BCUT2D eigenvalue weighted by atomic mass is 16.3. The number of hydrogen-bond donors (Lipinski definition) is 6. The molecule has 0 aromatic heterocycles. The Hall–Kier alpha value is -4.80. The number of rotatable bonds is 0. The van der Waals surface area contributed by atoms with E-state index in [1.807, 2.05) is 18.2 Å². The molecule has 0 bridgehead atoms. The summed E-state index contributed by atoms with van der Waals surface area (Å²) in [6, 6.07) is 26.1. The van der Waals surface area contributed by atoms with Crippen molar-refractivity contribution in [2.75, 3.05) is 0 Å². The number of benzene rings is 3. The standard InChI is InChI=1S/3C6H6O.3CHNO.CH4/c3*7-6-4-2-1-3-5-6;3*2-1-3;/h3*1-5,7H;3*2H;1H4. The molecule has 0 aliphatic heterocycles. The first-order chi connectivity index (χ1) is 14.4. The first-order valence-electron chi connectivity index (χ1n) is 7.77. The number of isocyanates is 3. The molecule has 9 nitrogen and oxygen atoms in total. The summed E-state index contributed by atoms with van der Waals surface area (Å²) < 4.78 is 0. The number of nitrogens with one attached hydrogen (secondary N) is 3. The Morgan fingerprint density at radius 3 is 0.645 bits per heavy atom. The molecule has 0 saturated carbocycles. The first kappa shape index (κ1) is 33.8. The second-order valence-electron chi connectivity index (χ2n) is 4.31. The van der Waals surface area contributed by atoms with Gasteiger partial charge in [0.2, 0.25) is 18.2 Å². The summed E-state index contributed by atoms with van der Waals surface area (Å²) in [5, 5.41) is 42.1. The van der Waals surface area contributed by atoms with Crippen LogP contribution in [0.5, 0.6) is 17.2 Å². The number of phenolic OH excluding ortho intramolecular Hbond substituents is 3. The minimum Gasteiger partial charge on any atom is -0.508 e. The van der Waals surface area contributed by atoms with Gasteiger partial charge in [0, 0.05) is 0 Å². The predicted octanol–water partition coefficient (Wildman–Crippen LogP) is 4.52. The van der Waals surface area contributed by atoms with Crippen LogP contribution in [0.1, 0.15) is 7.43 Å². The van der Waals surface area contributed by atoms with Gasteiger partial charge < -0.3 is 15.3 Å². The Bertz CT molecular complexity index is 725. The third kappa shape index (κ3) is 36.8. The topological polar surface area (TPSA) is 183 Å². The van der Waals surface area contributed by atoms with Crippen LogP contribution in [0.4, 0.5) is 0 Å². The largest absolute Gasteiger partial charge is 0.508 e. The quantitative estimate of drug-likeness (QED) is 0.226. The van der Waals surface area contributed by atoms with Crippen molar-refractivity contribution in [1.29, 1.82) is 16.2 Å². The Balaban J connectivity index is -0.000000147. The molecule has 0 amide bonds. The molecule has 0 aliphatic rings. The maximum absolute atomic E-state index is 8.63. The van der Waals surface area contributed by atoms with Gasteiger partial charge in [0.15, 0.2) is 0 Å². The Morgan fingerprint density at radius 1 is 0.452 bits per heavy atom. The van der Waals surface area contributed by atoms with Crippen molar-refractivity contribution in [2.45, 2.75) is 7.43 Å². The van der Waals surface area contributed by atoms with Gasteiger partial charge in [-0.15, -0.1) is 0 Å². The minimum absolute atomic E-state index is 0. The van der Waals surface area contributed by atoms with Crippen LogP contribution in [0, 0.1) is 16.2 Å². The van der Waals surface area contributed by atoms with Crippen LogP contribution in [0.2, 0.25) is 0 Å². The highest BCUT2D eigenvalue weighted by molar-refractivity contribution is 5.26. The Morgan fingerprint density at radius 2 is 0.581 bits per heavy atom. The molecular weight excluding hydrogens is 402 g/mol. The summed E-state index contributed by atoms with van der Waals surface area (Å²) in [6.45, 7) is 0. The van der Waals surface area contributed by atoms with Crippen LogP contribution in [0.25, 0.3) is 0 Å². The van der Waals surface area contributed by atoms with E-state index in [1.165, 1.54) is 0 Å². The van der Waals surface area contributed by atoms with Crippen molar-refractivity contribution >= 4 is 18.2 Å². The Labute approximate surface area is 180 Å². The van der Waals surface area contributed by atoms with Gasteiger partial charge in [0.25, 0.3) is 0 Å². The molecule has 0 unspecified atom stereocenters.